The number of piperazine rings is 1. The number of amides is 1. The third-order valence-electron chi connectivity index (χ3n) is 3.35. The molecule has 2 aromatic rings. The Kier molecular flexibility index (Phi) is 3.51. The van der Waals surface area contributed by atoms with E-state index in [1.165, 1.54) is 11.3 Å². The summed E-state index contributed by atoms with van der Waals surface area (Å²) in [6.45, 7) is 2.70. The number of rotatable bonds is 3. The van der Waals surface area contributed by atoms with Crippen molar-refractivity contribution in [1.82, 2.24) is 20.4 Å². The van der Waals surface area contributed by atoms with E-state index < -0.39 is 5.91 Å². The molecule has 0 bridgehead atoms. The van der Waals surface area contributed by atoms with Gasteiger partial charge in [0.1, 0.15) is 0 Å². The minimum Gasteiger partial charge on any atom is -0.366 e. The normalized spacial score (nSPS) is 20.1. The average Bonchev–Trinajstić information content (AvgIpc) is 3.08. The van der Waals surface area contributed by atoms with Crippen molar-refractivity contribution in [2.45, 2.75) is 6.04 Å². The first-order valence-electron chi connectivity index (χ1n) is 6.28. The van der Waals surface area contributed by atoms with E-state index >= 15 is 0 Å². The molecule has 1 amide bonds. The van der Waals surface area contributed by atoms with Crippen molar-refractivity contribution >= 4 is 17.2 Å². The molecule has 1 fully saturated rings. The number of likely N-dealkylation sites (N-methyl/N-ethyl adjacent to an activating group) is 1. The van der Waals surface area contributed by atoms with Crippen molar-refractivity contribution in [2.75, 3.05) is 26.7 Å². The molecule has 1 unspecified atom stereocenters. The van der Waals surface area contributed by atoms with E-state index in [0.29, 0.717) is 17.3 Å². The van der Waals surface area contributed by atoms with Crippen molar-refractivity contribution in [3.05, 3.63) is 22.8 Å². The molecular weight excluding hydrogens is 278 g/mol. The second-order valence-corrected chi connectivity index (χ2v) is 5.63. The summed E-state index contributed by atoms with van der Waals surface area (Å²) < 4.78 is 5.29. The predicted molar refractivity (Wildman–Crippen MR) is 74.4 cm³/mol. The highest BCUT2D eigenvalue weighted by Crippen LogP contribution is 2.27. The van der Waals surface area contributed by atoms with Gasteiger partial charge in [-0.2, -0.15) is 4.98 Å². The Hall–Kier alpha value is -1.77. The quantitative estimate of drug-likeness (QED) is 0.854. The zero-order chi connectivity index (χ0) is 14.1. The molecule has 0 aliphatic carbocycles. The van der Waals surface area contributed by atoms with Gasteiger partial charge < -0.3 is 15.6 Å². The van der Waals surface area contributed by atoms with Crippen LogP contribution in [0.4, 0.5) is 0 Å². The van der Waals surface area contributed by atoms with Crippen LogP contribution >= 0.6 is 11.3 Å². The van der Waals surface area contributed by atoms with Crippen LogP contribution in [-0.4, -0.2) is 47.6 Å². The number of carbonyl (C=O) groups excluding carboxylic acids is 1. The summed E-state index contributed by atoms with van der Waals surface area (Å²) in [4.78, 5) is 18.5. The average molecular weight is 293 g/mol. The second kappa shape index (κ2) is 5.31. The number of carbonyl (C=O) groups is 1. The highest BCUT2D eigenvalue weighted by molar-refractivity contribution is 7.13. The third kappa shape index (κ3) is 2.45. The number of hydrogen-bond acceptors (Lipinski definition) is 7. The Morgan fingerprint density at radius 3 is 3.20 bits per heavy atom. The second-order valence-electron chi connectivity index (χ2n) is 4.72. The van der Waals surface area contributed by atoms with Gasteiger partial charge in [0.15, 0.2) is 5.82 Å². The van der Waals surface area contributed by atoms with Gasteiger partial charge in [-0.1, -0.05) is 5.16 Å². The summed E-state index contributed by atoms with van der Waals surface area (Å²) in [6.07, 6.45) is 0. The first-order chi connectivity index (χ1) is 9.65. The molecule has 8 heteroatoms. The minimum absolute atomic E-state index is 0.108. The molecule has 106 valence electrons. The van der Waals surface area contributed by atoms with E-state index in [9.17, 15) is 4.79 Å². The minimum atomic E-state index is -0.455. The summed E-state index contributed by atoms with van der Waals surface area (Å²) in [5.74, 6) is 0.628. The molecule has 0 radical (unpaired) electrons. The molecule has 1 aliphatic rings. The molecule has 1 aliphatic heterocycles. The Balaban J connectivity index is 1.83. The molecular formula is C12H15N5O2S. The van der Waals surface area contributed by atoms with Gasteiger partial charge in [0.2, 0.25) is 5.91 Å². The van der Waals surface area contributed by atoms with Crippen molar-refractivity contribution in [3.63, 3.8) is 0 Å². The van der Waals surface area contributed by atoms with Crippen LogP contribution in [0.1, 0.15) is 22.2 Å². The molecule has 7 nitrogen and oxygen atoms in total. The number of nitrogens with one attached hydrogen (secondary N) is 1. The number of hydrogen-bond donors (Lipinski definition) is 2. The van der Waals surface area contributed by atoms with Gasteiger partial charge in [-0.15, -0.1) is 11.3 Å². The fourth-order valence-electron chi connectivity index (χ4n) is 2.14. The number of aromatic nitrogens is 2. The van der Waals surface area contributed by atoms with E-state index in [0.717, 1.165) is 24.5 Å². The number of nitrogens with zero attached hydrogens (tertiary/aromatic N) is 3. The largest absolute Gasteiger partial charge is 0.366 e. The van der Waals surface area contributed by atoms with E-state index in [4.69, 9.17) is 10.3 Å². The summed E-state index contributed by atoms with van der Waals surface area (Å²) in [5.41, 5.74) is 5.69. The molecule has 0 aromatic carbocycles. The first kappa shape index (κ1) is 13.2. The highest BCUT2D eigenvalue weighted by Gasteiger charge is 2.25. The van der Waals surface area contributed by atoms with Crippen molar-refractivity contribution in [3.8, 4) is 10.8 Å². The summed E-state index contributed by atoms with van der Waals surface area (Å²) in [5, 5.41) is 9.04. The Labute approximate surface area is 119 Å². The van der Waals surface area contributed by atoms with E-state index in [-0.39, 0.29) is 6.04 Å². The fraction of sp³-hybridized carbons (Fsp3) is 0.417. The van der Waals surface area contributed by atoms with Gasteiger partial charge in [0.25, 0.3) is 5.89 Å². The highest BCUT2D eigenvalue weighted by atomic mass is 32.1. The summed E-state index contributed by atoms with van der Waals surface area (Å²) in [7, 11) is 2.04. The zero-order valence-electron chi connectivity index (χ0n) is 11.0. The lowest BCUT2D eigenvalue weighted by atomic mass is 10.2. The van der Waals surface area contributed by atoms with Crippen LogP contribution in [0.3, 0.4) is 0 Å². The predicted octanol–water partition coefficient (Wildman–Crippen LogP) is 0.473. The maximum absolute atomic E-state index is 11.1. The zero-order valence-corrected chi connectivity index (χ0v) is 11.8. The maximum atomic E-state index is 11.1. The topological polar surface area (TPSA) is 97.3 Å². The van der Waals surface area contributed by atoms with Crippen LogP contribution in [0, 0.1) is 0 Å². The van der Waals surface area contributed by atoms with E-state index in [2.05, 4.69) is 20.4 Å². The van der Waals surface area contributed by atoms with Crippen LogP contribution in [0.15, 0.2) is 16.0 Å². The molecule has 0 spiro atoms. The number of thiophene rings is 1. The van der Waals surface area contributed by atoms with Gasteiger partial charge in [0.05, 0.1) is 16.5 Å². The van der Waals surface area contributed by atoms with Gasteiger partial charge in [-0.3, -0.25) is 9.69 Å². The van der Waals surface area contributed by atoms with Gasteiger partial charge >= 0.3 is 0 Å². The molecule has 3 N–H and O–H groups in total. The van der Waals surface area contributed by atoms with Gasteiger partial charge in [0, 0.05) is 25.0 Å². The maximum Gasteiger partial charge on any atom is 0.268 e. The SMILES string of the molecule is CN1CCNCC1c1noc(-c2cc(C(N)=O)cs2)n1. The van der Waals surface area contributed by atoms with Gasteiger partial charge in [-0.25, -0.2) is 0 Å². The monoisotopic (exact) mass is 293 g/mol. The Bertz CT molecular complexity index is 623. The van der Waals surface area contributed by atoms with Crippen molar-refractivity contribution in [2.24, 2.45) is 5.73 Å². The van der Waals surface area contributed by atoms with Crippen LogP contribution in [-0.2, 0) is 0 Å². The van der Waals surface area contributed by atoms with Crippen molar-refractivity contribution < 1.29 is 9.32 Å². The molecule has 1 atom stereocenters. The molecule has 2 aromatic heterocycles. The van der Waals surface area contributed by atoms with E-state index in [1.54, 1.807) is 11.4 Å². The lowest BCUT2D eigenvalue weighted by molar-refractivity contribution is 0.100. The Morgan fingerprint density at radius 2 is 2.50 bits per heavy atom. The Morgan fingerprint density at radius 1 is 1.65 bits per heavy atom. The lowest BCUT2D eigenvalue weighted by Gasteiger charge is -2.30. The van der Waals surface area contributed by atoms with Crippen molar-refractivity contribution in [1.29, 1.82) is 0 Å². The van der Waals surface area contributed by atoms with Gasteiger partial charge in [-0.05, 0) is 13.1 Å². The number of nitrogens with two attached hydrogens (primary N) is 1. The molecule has 20 heavy (non-hydrogen) atoms. The molecule has 0 saturated carbocycles. The number of primary amides is 1. The standard InChI is InChI=1S/C12H15N5O2S/c1-17-3-2-14-5-8(17)11-15-12(19-16-11)9-4-7(6-20-9)10(13)18/h4,6,8,14H,2-3,5H2,1H3,(H2,13,18). The third-order valence-corrected chi connectivity index (χ3v) is 4.26. The van der Waals surface area contributed by atoms with Crippen LogP contribution in [0.25, 0.3) is 10.8 Å². The summed E-state index contributed by atoms with van der Waals surface area (Å²) in [6, 6.07) is 1.78. The van der Waals surface area contributed by atoms with Crippen LogP contribution in [0.2, 0.25) is 0 Å². The molecule has 3 rings (SSSR count). The van der Waals surface area contributed by atoms with E-state index in [1.807, 2.05) is 7.05 Å². The lowest BCUT2D eigenvalue weighted by Crippen LogP contribution is -2.44. The smallest absolute Gasteiger partial charge is 0.268 e. The van der Waals surface area contributed by atoms with Crippen LogP contribution in [0.5, 0.6) is 0 Å². The first-order valence-corrected chi connectivity index (χ1v) is 7.16. The molecule has 1 saturated heterocycles. The molecule has 3 heterocycles. The summed E-state index contributed by atoms with van der Waals surface area (Å²) >= 11 is 1.37. The fourth-order valence-corrected chi connectivity index (χ4v) is 2.96. The van der Waals surface area contributed by atoms with Crippen LogP contribution < -0.4 is 11.1 Å².